The molecular formula is C11H11NOS. The predicted molar refractivity (Wildman–Crippen MR) is 58.5 cm³/mol. The highest BCUT2D eigenvalue weighted by Crippen LogP contribution is 2.36. The van der Waals surface area contributed by atoms with Crippen LogP contribution >= 0.6 is 11.3 Å². The number of hydrogen-bond acceptors (Lipinski definition) is 3. The standard InChI is InChI=1S/C11H11NOS/c13-9-6-12-5-8-7-3-1-2-4-10(7)14-11(8)9/h1-4,9,12-13H,5-6H2. The molecule has 0 fully saturated rings. The van der Waals surface area contributed by atoms with Gasteiger partial charge < -0.3 is 10.4 Å². The molecule has 0 spiro atoms. The molecule has 1 aromatic heterocycles. The molecule has 3 heteroatoms. The lowest BCUT2D eigenvalue weighted by molar-refractivity contribution is 0.169. The summed E-state index contributed by atoms with van der Waals surface area (Å²) in [5.74, 6) is 0. The quantitative estimate of drug-likeness (QED) is 0.690. The van der Waals surface area contributed by atoms with E-state index < -0.39 is 0 Å². The summed E-state index contributed by atoms with van der Waals surface area (Å²) in [6.07, 6.45) is -0.323. The van der Waals surface area contributed by atoms with Gasteiger partial charge in [0.05, 0.1) is 0 Å². The number of aliphatic hydroxyl groups excluding tert-OH is 1. The molecule has 0 radical (unpaired) electrons. The first kappa shape index (κ1) is 8.41. The molecular weight excluding hydrogens is 194 g/mol. The fourth-order valence-electron chi connectivity index (χ4n) is 2.00. The highest BCUT2D eigenvalue weighted by atomic mass is 32.1. The molecule has 1 aliphatic rings. The van der Waals surface area contributed by atoms with Crippen molar-refractivity contribution in [1.82, 2.24) is 5.32 Å². The van der Waals surface area contributed by atoms with Crippen LogP contribution in [-0.4, -0.2) is 11.7 Å². The van der Waals surface area contributed by atoms with Crippen molar-refractivity contribution in [3.05, 3.63) is 34.7 Å². The third-order valence-electron chi connectivity index (χ3n) is 2.67. The molecule has 2 N–H and O–H groups in total. The Morgan fingerprint density at radius 2 is 2.21 bits per heavy atom. The summed E-state index contributed by atoms with van der Waals surface area (Å²) in [5.41, 5.74) is 1.28. The largest absolute Gasteiger partial charge is 0.386 e. The summed E-state index contributed by atoms with van der Waals surface area (Å²) in [6, 6.07) is 8.34. The lowest BCUT2D eigenvalue weighted by Gasteiger charge is -2.18. The highest BCUT2D eigenvalue weighted by Gasteiger charge is 2.21. The molecule has 72 valence electrons. The number of rotatable bonds is 0. The smallest absolute Gasteiger partial charge is 0.101 e. The van der Waals surface area contributed by atoms with Crippen molar-refractivity contribution >= 4 is 21.4 Å². The third kappa shape index (κ3) is 1.10. The number of aliphatic hydroxyl groups is 1. The predicted octanol–water partition coefficient (Wildman–Crippen LogP) is 2.04. The highest BCUT2D eigenvalue weighted by molar-refractivity contribution is 7.19. The van der Waals surface area contributed by atoms with E-state index in [1.54, 1.807) is 11.3 Å². The number of fused-ring (bicyclic) bond motifs is 3. The summed E-state index contributed by atoms with van der Waals surface area (Å²) in [5, 5.41) is 14.3. The van der Waals surface area contributed by atoms with Gasteiger partial charge >= 0.3 is 0 Å². The van der Waals surface area contributed by atoms with Gasteiger partial charge in [-0.3, -0.25) is 0 Å². The van der Waals surface area contributed by atoms with E-state index in [2.05, 4.69) is 23.5 Å². The Labute approximate surface area is 86.2 Å². The van der Waals surface area contributed by atoms with Crippen molar-refractivity contribution in [2.24, 2.45) is 0 Å². The van der Waals surface area contributed by atoms with Crippen LogP contribution in [0.4, 0.5) is 0 Å². The normalized spacial score (nSPS) is 21.1. The van der Waals surface area contributed by atoms with Gasteiger partial charge in [-0.15, -0.1) is 11.3 Å². The van der Waals surface area contributed by atoms with E-state index in [1.807, 2.05) is 6.07 Å². The molecule has 0 aliphatic carbocycles. The molecule has 1 unspecified atom stereocenters. The molecule has 0 saturated carbocycles. The van der Waals surface area contributed by atoms with Gasteiger partial charge in [0.2, 0.25) is 0 Å². The van der Waals surface area contributed by atoms with E-state index in [-0.39, 0.29) is 6.10 Å². The Kier molecular flexibility index (Phi) is 1.83. The molecule has 0 bridgehead atoms. The molecule has 1 aliphatic heterocycles. The van der Waals surface area contributed by atoms with Crippen molar-refractivity contribution in [1.29, 1.82) is 0 Å². The number of hydrogen-bond donors (Lipinski definition) is 2. The van der Waals surface area contributed by atoms with Crippen LogP contribution in [0.2, 0.25) is 0 Å². The number of nitrogens with one attached hydrogen (secondary N) is 1. The van der Waals surface area contributed by atoms with E-state index in [4.69, 9.17) is 0 Å². The van der Waals surface area contributed by atoms with E-state index in [0.29, 0.717) is 6.54 Å². The van der Waals surface area contributed by atoms with E-state index in [1.165, 1.54) is 15.6 Å². The SMILES string of the molecule is OC1CNCc2c1sc1ccccc21. The van der Waals surface area contributed by atoms with Gasteiger partial charge in [0.15, 0.2) is 0 Å². The fourth-order valence-corrected chi connectivity index (χ4v) is 3.21. The Bertz CT molecular complexity index is 477. The molecule has 2 aromatic rings. The lowest BCUT2D eigenvalue weighted by atomic mass is 10.1. The average Bonchev–Trinajstić information content (AvgIpc) is 2.59. The number of benzene rings is 1. The maximum absolute atomic E-state index is 9.81. The van der Waals surface area contributed by atoms with Crippen LogP contribution in [0.3, 0.4) is 0 Å². The van der Waals surface area contributed by atoms with Crippen molar-refractivity contribution in [3.8, 4) is 0 Å². The molecule has 2 heterocycles. The summed E-state index contributed by atoms with van der Waals surface area (Å²) in [7, 11) is 0. The summed E-state index contributed by atoms with van der Waals surface area (Å²) >= 11 is 1.72. The second-order valence-electron chi connectivity index (χ2n) is 3.59. The van der Waals surface area contributed by atoms with E-state index in [0.717, 1.165) is 11.4 Å². The van der Waals surface area contributed by atoms with Crippen molar-refractivity contribution in [3.63, 3.8) is 0 Å². The Morgan fingerprint density at radius 3 is 3.14 bits per heavy atom. The van der Waals surface area contributed by atoms with E-state index in [9.17, 15) is 5.11 Å². The maximum atomic E-state index is 9.81. The number of thiophene rings is 1. The molecule has 3 rings (SSSR count). The Morgan fingerprint density at radius 1 is 1.36 bits per heavy atom. The van der Waals surface area contributed by atoms with Crippen molar-refractivity contribution < 1.29 is 5.11 Å². The first-order valence-electron chi connectivity index (χ1n) is 4.75. The van der Waals surface area contributed by atoms with Crippen LogP contribution < -0.4 is 5.32 Å². The first-order chi connectivity index (χ1) is 6.86. The second-order valence-corrected chi connectivity index (χ2v) is 4.67. The molecule has 2 nitrogen and oxygen atoms in total. The van der Waals surface area contributed by atoms with Gasteiger partial charge in [0.1, 0.15) is 6.10 Å². The monoisotopic (exact) mass is 205 g/mol. The zero-order valence-electron chi connectivity index (χ0n) is 7.66. The minimum absolute atomic E-state index is 0.323. The summed E-state index contributed by atoms with van der Waals surface area (Å²) < 4.78 is 1.28. The average molecular weight is 205 g/mol. The molecule has 14 heavy (non-hydrogen) atoms. The maximum Gasteiger partial charge on any atom is 0.101 e. The first-order valence-corrected chi connectivity index (χ1v) is 5.57. The second kappa shape index (κ2) is 3.05. The minimum atomic E-state index is -0.323. The van der Waals surface area contributed by atoms with Crippen LogP contribution in [0.15, 0.2) is 24.3 Å². The third-order valence-corrected chi connectivity index (χ3v) is 3.99. The van der Waals surface area contributed by atoms with Gasteiger partial charge in [-0.05, 0) is 17.0 Å². The van der Waals surface area contributed by atoms with Gasteiger partial charge in [0, 0.05) is 22.7 Å². The van der Waals surface area contributed by atoms with Crippen LogP contribution in [-0.2, 0) is 6.54 Å². The molecule has 1 atom stereocenters. The van der Waals surface area contributed by atoms with Gasteiger partial charge in [-0.2, -0.15) is 0 Å². The van der Waals surface area contributed by atoms with Crippen LogP contribution in [0.1, 0.15) is 16.5 Å². The molecule has 0 saturated heterocycles. The lowest BCUT2D eigenvalue weighted by Crippen LogP contribution is -2.26. The van der Waals surface area contributed by atoms with E-state index >= 15 is 0 Å². The van der Waals surface area contributed by atoms with Crippen molar-refractivity contribution in [2.75, 3.05) is 6.54 Å². The zero-order chi connectivity index (χ0) is 9.54. The van der Waals surface area contributed by atoms with Crippen LogP contribution in [0, 0.1) is 0 Å². The topological polar surface area (TPSA) is 32.3 Å². The van der Waals surface area contributed by atoms with Crippen molar-refractivity contribution in [2.45, 2.75) is 12.6 Å². The fraction of sp³-hybridized carbons (Fsp3) is 0.273. The summed E-state index contributed by atoms with van der Waals surface area (Å²) in [6.45, 7) is 1.57. The Balaban J connectivity index is 2.32. The van der Waals surface area contributed by atoms with Gasteiger partial charge in [0.25, 0.3) is 0 Å². The summed E-state index contributed by atoms with van der Waals surface area (Å²) in [4.78, 5) is 1.14. The van der Waals surface area contributed by atoms with Gasteiger partial charge in [-0.25, -0.2) is 0 Å². The molecule has 0 amide bonds. The Hall–Kier alpha value is -0.900. The molecule has 1 aromatic carbocycles. The number of β-amino-alcohol motifs (C(OH)–C–C–N with tert-alkyl or cyclic N) is 1. The minimum Gasteiger partial charge on any atom is -0.386 e. The van der Waals surface area contributed by atoms with Crippen LogP contribution in [0.25, 0.3) is 10.1 Å². The van der Waals surface area contributed by atoms with Crippen LogP contribution in [0.5, 0.6) is 0 Å². The zero-order valence-corrected chi connectivity index (χ0v) is 8.47. The van der Waals surface area contributed by atoms with Gasteiger partial charge in [-0.1, -0.05) is 18.2 Å².